The van der Waals surface area contributed by atoms with Crippen molar-refractivity contribution in [3.8, 4) is 0 Å². The predicted molar refractivity (Wildman–Crippen MR) is 80.2 cm³/mol. The number of nitrogens with one attached hydrogen (secondary N) is 2. The number of sulfonamides is 1. The predicted octanol–water partition coefficient (Wildman–Crippen LogP) is 0.307. The summed E-state index contributed by atoms with van der Waals surface area (Å²) in [6.45, 7) is 4.31. The van der Waals surface area contributed by atoms with Crippen molar-refractivity contribution in [2.75, 3.05) is 26.2 Å². The topological polar surface area (TPSA) is 78.5 Å². The molecule has 0 radical (unpaired) electrons. The second kappa shape index (κ2) is 7.02. The van der Waals surface area contributed by atoms with Crippen LogP contribution in [0.5, 0.6) is 0 Å². The van der Waals surface area contributed by atoms with Gasteiger partial charge in [0.1, 0.15) is 0 Å². The van der Waals surface area contributed by atoms with Crippen molar-refractivity contribution in [3.05, 3.63) is 29.8 Å². The molecular weight excluding hydrogens is 290 g/mol. The van der Waals surface area contributed by atoms with Crippen LogP contribution in [0.4, 0.5) is 0 Å². The molecule has 0 atom stereocenters. The van der Waals surface area contributed by atoms with Crippen LogP contribution in [0.15, 0.2) is 29.2 Å². The van der Waals surface area contributed by atoms with Gasteiger partial charge in [0.2, 0.25) is 15.9 Å². The largest absolute Gasteiger partial charge is 0.354 e. The van der Waals surface area contributed by atoms with Gasteiger partial charge in [-0.1, -0.05) is 19.1 Å². The zero-order chi connectivity index (χ0) is 15.3. The molecule has 6 nitrogen and oxygen atoms in total. The Morgan fingerprint density at radius 1 is 1.29 bits per heavy atom. The molecule has 0 spiro atoms. The van der Waals surface area contributed by atoms with Crippen LogP contribution in [0, 0.1) is 0 Å². The molecule has 0 unspecified atom stereocenters. The van der Waals surface area contributed by atoms with E-state index in [0.29, 0.717) is 13.1 Å². The molecule has 1 aromatic carbocycles. The normalized spacial score (nSPS) is 16.7. The maximum atomic E-state index is 12.4. The maximum absolute atomic E-state index is 12.4. The van der Waals surface area contributed by atoms with Gasteiger partial charge in [0.05, 0.1) is 11.4 Å². The molecule has 0 aliphatic carbocycles. The number of piperazine rings is 1. The van der Waals surface area contributed by atoms with E-state index in [1.54, 1.807) is 24.3 Å². The average Bonchev–Trinajstić information content (AvgIpc) is 2.48. The summed E-state index contributed by atoms with van der Waals surface area (Å²) in [5.41, 5.74) is 1.04. The van der Waals surface area contributed by atoms with Gasteiger partial charge < -0.3 is 10.6 Å². The number of carbonyl (C=O) groups excluding carboxylic acids is 1. The van der Waals surface area contributed by atoms with Crippen molar-refractivity contribution >= 4 is 15.9 Å². The molecule has 1 fully saturated rings. The van der Waals surface area contributed by atoms with Gasteiger partial charge in [-0.05, 0) is 30.7 Å². The van der Waals surface area contributed by atoms with Gasteiger partial charge in [0, 0.05) is 19.6 Å². The molecule has 1 saturated heterocycles. The SMILES string of the molecule is CCCNCc1ccc(S(=O)(=O)N2CCNC(=O)C2)cc1. The Morgan fingerprint density at radius 3 is 2.62 bits per heavy atom. The Bertz CT molecular complexity index is 584. The van der Waals surface area contributed by atoms with Crippen molar-refractivity contribution in [1.29, 1.82) is 0 Å². The molecule has 1 aliphatic heterocycles. The summed E-state index contributed by atoms with van der Waals surface area (Å²) in [4.78, 5) is 11.6. The van der Waals surface area contributed by atoms with E-state index in [1.165, 1.54) is 4.31 Å². The molecule has 2 rings (SSSR count). The fraction of sp³-hybridized carbons (Fsp3) is 0.500. The molecule has 2 N–H and O–H groups in total. The summed E-state index contributed by atoms with van der Waals surface area (Å²) in [5, 5.41) is 5.89. The third kappa shape index (κ3) is 4.03. The molecule has 116 valence electrons. The second-order valence-corrected chi connectivity index (χ2v) is 6.95. The van der Waals surface area contributed by atoms with Crippen LogP contribution in [0.3, 0.4) is 0 Å². The van der Waals surface area contributed by atoms with Crippen molar-refractivity contribution in [1.82, 2.24) is 14.9 Å². The molecule has 21 heavy (non-hydrogen) atoms. The van der Waals surface area contributed by atoms with E-state index >= 15 is 0 Å². The highest BCUT2D eigenvalue weighted by Crippen LogP contribution is 2.17. The lowest BCUT2D eigenvalue weighted by Gasteiger charge is -2.25. The lowest BCUT2D eigenvalue weighted by atomic mass is 10.2. The van der Waals surface area contributed by atoms with E-state index in [9.17, 15) is 13.2 Å². The van der Waals surface area contributed by atoms with Crippen molar-refractivity contribution in [2.45, 2.75) is 24.8 Å². The van der Waals surface area contributed by atoms with Gasteiger partial charge in [-0.25, -0.2) is 8.42 Å². The lowest BCUT2D eigenvalue weighted by Crippen LogP contribution is -2.49. The van der Waals surface area contributed by atoms with Gasteiger partial charge in [0.15, 0.2) is 0 Å². The van der Waals surface area contributed by atoms with Gasteiger partial charge in [-0.2, -0.15) is 4.31 Å². The maximum Gasteiger partial charge on any atom is 0.243 e. The fourth-order valence-corrected chi connectivity index (χ4v) is 3.56. The van der Waals surface area contributed by atoms with Gasteiger partial charge in [0.25, 0.3) is 0 Å². The van der Waals surface area contributed by atoms with Crippen molar-refractivity contribution in [3.63, 3.8) is 0 Å². The third-order valence-electron chi connectivity index (χ3n) is 3.32. The van der Waals surface area contributed by atoms with E-state index in [-0.39, 0.29) is 17.3 Å². The highest BCUT2D eigenvalue weighted by Gasteiger charge is 2.28. The third-order valence-corrected chi connectivity index (χ3v) is 5.18. The van der Waals surface area contributed by atoms with Crippen LogP contribution >= 0.6 is 0 Å². The van der Waals surface area contributed by atoms with Crippen molar-refractivity contribution in [2.24, 2.45) is 0 Å². The summed E-state index contributed by atoms with van der Waals surface area (Å²) >= 11 is 0. The Balaban J connectivity index is 2.07. The molecule has 0 aromatic heterocycles. The standard InChI is InChI=1S/C14H21N3O3S/c1-2-7-15-10-12-3-5-13(6-4-12)21(19,20)17-9-8-16-14(18)11-17/h3-6,15H,2,7-11H2,1H3,(H,16,18). The monoisotopic (exact) mass is 311 g/mol. The zero-order valence-electron chi connectivity index (χ0n) is 12.1. The average molecular weight is 311 g/mol. The first-order valence-electron chi connectivity index (χ1n) is 7.10. The van der Waals surface area contributed by atoms with E-state index in [1.807, 2.05) is 0 Å². The van der Waals surface area contributed by atoms with E-state index in [2.05, 4.69) is 17.6 Å². The molecule has 0 bridgehead atoms. The first kappa shape index (κ1) is 15.9. The molecule has 1 amide bonds. The zero-order valence-corrected chi connectivity index (χ0v) is 12.9. The Kier molecular flexibility index (Phi) is 5.33. The first-order valence-corrected chi connectivity index (χ1v) is 8.54. The minimum Gasteiger partial charge on any atom is -0.354 e. The van der Waals surface area contributed by atoms with Gasteiger partial charge in [-0.15, -0.1) is 0 Å². The summed E-state index contributed by atoms with van der Waals surface area (Å²) in [5.74, 6) is -0.259. The minimum atomic E-state index is -3.58. The fourth-order valence-electron chi connectivity index (χ4n) is 2.16. The van der Waals surface area contributed by atoms with Crippen LogP contribution in [0.2, 0.25) is 0 Å². The molecule has 1 aromatic rings. The lowest BCUT2D eigenvalue weighted by molar-refractivity contribution is -0.122. The Morgan fingerprint density at radius 2 is 2.00 bits per heavy atom. The highest BCUT2D eigenvalue weighted by molar-refractivity contribution is 7.89. The van der Waals surface area contributed by atoms with Crippen LogP contribution in [0.25, 0.3) is 0 Å². The summed E-state index contributed by atoms with van der Waals surface area (Å²) in [6, 6.07) is 6.81. The number of hydrogen-bond acceptors (Lipinski definition) is 4. The first-order chi connectivity index (χ1) is 10.0. The minimum absolute atomic E-state index is 0.109. The smallest absolute Gasteiger partial charge is 0.243 e. The van der Waals surface area contributed by atoms with Gasteiger partial charge >= 0.3 is 0 Å². The van der Waals surface area contributed by atoms with E-state index in [4.69, 9.17) is 0 Å². The molecule has 1 heterocycles. The molecule has 0 saturated carbocycles. The molecule has 7 heteroatoms. The Labute approximate surface area is 125 Å². The van der Waals surface area contributed by atoms with Crippen LogP contribution < -0.4 is 10.6 Å². The molecular formula is C14H21N3O3S. The Hall–Kier alpha value is -1.44. The van der Waals surface area contributed by atoms with Crippen LogP contribution in [-0.2, 0) is 21.4 Å². The molecule has 1 aliphatic rings. The number of nitrogens with zero attached hydrogens (tertiary/aromatic N) is 1. The number of amides is 1. The number of rotatable bonds is 6. The van der Waals surface area contributed by atoms with Crippen molar-refractivity contribution < 1.29 is 13.2 Å². The van der Waals surface area contributed by atoms with Crippen LogP contribution in [-0.4, -0.2) is 44.8 Å². The highest BCUT2D eigenvalue weighted by atomic mass is 32.2. The summed E-state index contributed by atoms with van der Waals surface area (Å²) in [6.07, 6.45) is 1.06. The van der Waals surface area contributed by atoms with Crippen LogP contribution in [0.1, 0.15) is 18.9 Å². The summed E-state index contributed by atoms with van der Waals surface area (Å²) < 4.78 is 26.1. The number of carbonyl (C=O) groups is 1. The quantitative estimate of drug-likeness (QED) is 0.741. The number of benzene rings is 1. The summed E-state index contributed by atoms with van der Waals surface area (Å²) in [7, 11) is -3.58. The second-order valence-electron chi connectivity index (χ2n) is 5.01. The van der Waals surface area contributed by atoms with E-state index < -0.39 is 10.0 Å². The van der Waals surface area contributed by atoms with E-state index in [0.717, 1.165) is 25.1 Å². The number of hydrogen-bond donors (Lipinski definition) is 2. The van der Waals surface area contributed by atoms with Gasteiger partial charge in [-0.3, -0.25) is 4.79 Å².